The fourth-order valence-corrected chi connectivity index (χ4v) is 3.28. The summed E-state index contributed by atoms with van der Waals surface area (Å²) in [5, 5.41) is 1.42. The lowest BCUT2D eigenvalue weighted by molar-refractivity contribution is -0.660. The molecule has 0 N–H and O–H groups in total. The molecule has 1 unspecified atom stereocenters. The Bertz CT molecular complexity index is 1350. The fourth-order valence-electron chi connectivity index (χ4n) is 3.28. The van der Waals surface area contributed by atoms with Gasteiger partial charge in [0.15, 0.2) is 11.8 Å². The van der Waals surface area contributed by atoms with Gasteiger partial charge in [-0.25, -0.2) is 4.57 Å². The molecule has 3 heterocycles. The highest BCUT2D eigenvalue weighted by molar-refractivity contribution is 6.12. The van der Waals surface area contributed by atoms with Crippen LogP contribution in [0.15, 0.2) is 47.1 Å². The van der Waals surface area contributed by atoms with Gasteiger partial charge in [-0.2, -0.15) is 0 Å². The molecule has 3 aromatic heterocycles. The highest BCUT2D eigenvalue weighted by Gasteiger charge is 2.21. The summed E-state index contributed by atoms with van der Waals surface area (Å²) in [7, 11) is 1.79. The molecule has 0 aliphatic rings. The van der Waals surface area contributed by atoms with E-state index in [-0.39, 0.29) is 11.3 Å². The Morgan fingerprint density at radius 1 is 1.24 bits per heavy atom. The number of pyridine rings is 2. The van der Waals surface area contributed by atoms with Gasteiger partial charge in [-0.15, -0.1) is 0 Å². The van der Waals surface area contributed by atoms with Crippen molar-refractivity contribution in [2.45, 2.75) is 33.4 Å². The van der Waals surface area contributed by atoms with E-state index in [9.17, 15) is 0 Å². The maximum absolute atomic E-state index is 8.42. The summed E-state index contributed by atoms with van der Waals surface area (Å²) in [4.78, 5) is 4.21. The van der Waals surface area contributed by atoms with Crippen LogP contribution < -0.4 is 4.57 Å². The Morgan fingerprint density at radius 3 is 2.88 bits per heavy atom. The zero-order valence-electron chi connectivity index (χ0n) is 21.3. The minimum Gasteiger partial charge on any atom is -0.454 e. The van der Waals surface area contributed by atoms with Gasteiger partial charge in [-0.05, 0) is 43.4 Å². The van der Waals surface area contributed by atoms with Crippen molar-refractivity contribution in [3.05, 3.63) is 59.5 Å². The highest BCUT2D eigenvalue weighted by atomic mass is 16.3. The van der Waals surface area contributed by atoms with E-state index in [0.29, 0.717) is 16.6 Å². The summed E-state index contributed by atoms with van der Waals surface area (Å²) in [6, 6.07) is 8.73. The molecule has 0 amide bonds. The lowest BCUT2D eigenvalue weighted by Crippen LogP contribution is -2.31. The van der Waals surface area contributed by atoms with Crippen LogP contribution in [0.3, 0.4) is 0 Å². The van der Waals surface area contributed by atoms with Crippen LogP contribution in [0.5, 0.6) is 0 Å². The average molecular weight is 338 g/mol. The van der Waals surface area contributed by atoms with Crippen molar-refractivity contribution in [2.24, 2.45) is 7.05 Å². The Labute approximate surface area is 157 Å². The van der Waals surface area contributed by atoms with Crippen LogP contribution in [0.2, 0.25) is 0 Å². The van der Waals surface area contributed by atoms with E-state index in [0.717, 1.165) is 22.2 Å². The van der Waals surface area contributed by atoms with Gasteiger partial charge in [0.25, 0.3) is 0 Å². The normalized spacial score (nSPS) is 19.2. The van der Waals surface area contributed by atoms with Crippen molar-refractivity contribution in [2.75, 3.05) is 0 Å². The summed E-state index contributed by atoms with van der Waals surface area (Å²) in [6.07, 6.45) is 3.05. The van der Waals surface area contributed by atoms with Gasteiger partial charge in [-0.1, -0.05) is 19.8 Å². The van der Waals surface area contributed by atoms with E-state index in [2.05, 4.69) is 4.98 Å². The number of furan rings is 1. The highest BCUT2D eigenvalue weighted by Crippen LogP contribution is 2.38. The second-order valence-corrected chi connectivity index (χ2v) is 6.34. The molecule has 0 saturated carbocycles. The Hall–Kier alpha value is -2.68. The lowest BCUT2D eigenvalue weighted by Gasteiger charge is -2.07. The summed E-state index contributed by atoms with van der Waals surface area (Å²) in [6.45, 7) is -1.49. The first-order valence-electron chi connectivity index (χ1n) is 11.5. The van der Waals surface area contributed by atoms with Crippen LogP contribution in [0.4, 0.5) is 0 Å². The number of nitrogens with zero attached hydrogens (tertiary/aromatic N) is 2. The zero-order valence-corrected chi connectivity index (χ0v) is 14.3. The molecule has 0 aliphatic heterocycles. The SMILES string of the molecule is [2H]C([2H])([2H])c1ccc(-c2c(C)ccc3oc4cnc(C([2H])(C)C([2H])([2H])[2H])cc4c23)[n+](C)c1. The first-order valence-corrected chi connectivity index (χ1v) is 8.05. The smallest absolute Gasteiger partial charge is 0.213 e. The standard InChI is InChI=1S/C22H23N2O/c1-13(2)17-10-16-20(11-23-17)25-19-9-7-15(4)21(22(16)19)18-8-6-14(3)12-24(18)5/h6-13H,1-5H3/q+1/i1D3,3D3,13D. The third-order valence-electron chi connectivity index (χ3n) is 4.51. The van der Waals surface area contributed by atoms with Gasteiger partial charge in [-0.3, -0.25) is 4.98 Å². The summed E-state index contributed by atoms with van der Waals surface area (Å²) in [5.41, 5.74) is 4.02. The molecule has 4 rings (SSSR count). The van der Waals surface area contributed by atoms with Crippen molar-refractivity contribution >= 4 is 21.9 Å². The predicted molar refractivity (Wildman–Crippen MR) is 102 cm³/mol. The molecular weight excluding hydrogens is 308 g/mol. The number of aromatic nitrogens is 2. The molecule has 4 aromatic rings. The quantitative estimate of drug-likeness (QED) is 0.469. The van der Waals surface area contributed by atoms with Gasteiger partial charge < -0.3 is 4.42 Å². The molecule has 0 fully saturated rings. The van der Waals surface area contributed by atoms with Crippen molar-refractivity contribution < 1.29 is 18.6 Å². The van der Waals surface area contributed by atoms with Crippen LogP contribution in [-0.2, 0) is 7.05 Å². The molecule has 0 radical (unpaired) electrons. The third-order valence-corrected chi connectivity index (χ3v) is 4.51. The Balaban J connectivity index is 2.03. The fraction of sp³-hybridized carbons (Fsp3) is 0.273. The van der Waals surface area contributed by atoms with E-state index in [4.69, 9.17) is 14.0 Å². The van der Waals surface area contributed by atoms with E-state index in [1.54, 1.807) is 36.0 Å². The average Bonchev–Trinajstić information content (AvgIpc) is 3.04. The Morgan fingerprint density at radius 2 is 2.12 bits per heavy atom. The number of aryl methyl sites for hydroxylation is 3. The van der Waals surface area contributed by atoms with Gasteiger partial charge in [0.05, 0.1) is 11.8 Å². The second kappa shape index (κ2) is 5.69. The third kappa shape index (κ3) is 2.51. The zero-order chi connectivity index (χ0) is 23.6. The number of rotatable bonds is 2. The first kappa shape index (κ1) is 9.71. The largest absolute Gasteiger partial charge is 0.454 e. The number of hydrogen-bond donors (Lipinski definition) is 0. The van der Waals surface area contributed by atoms with Gasteiger partial charge in [0, 0.05) is 37.7 Å². The van der Waals surface area contributed by atoms with Crippen molar-refractivity contribution in [1.82, 2.24) is 4.98 Å². The van der Waals surface area contributed by atoms with Crippen LogP contribution in [0, 0.1) is 13.8 Å². The van der Waals surface area contributed by atoms with Crippen LogP contribution in [-0.4, -0.2) is 4.98 Å². The predicted octanol–water partition coefficient (Wildman–Crippen LogP) is 5.21. The molecular formula is C22H23N2O+. The summed E-state index contributed by atoms with van der Waals surface area (Å²) < 4.78 is 62.4. The lowest BCUT2D eigenvalue weighted by atomic mass is 9.97. The minimum absolute atomic E-state index is 0.127. The van der Waals surface area contributed by atoms with Crippen molar-refractivity contribution in [1.29, 1.82) is 0 Å². The molecule has 0 bridgehead atoms. The van der Waals surface area contributed by atoms with Crippen LogP contribution >= 0.6 is 0 Å². The monoisotopic (exact) mass is 338 g/mol. The molecule has 1 atom stereocenters. The number of fused-ring (bicyclic) bond motifs is 3. The molecule has 25 heavy (non-hydrogen) atoms. The topological polar surface area (TPSA) is 29.9 Å². The van der Waals surface area contributed by atoms with Crippen LogP contribution in [0.1, 0.15) is 46.1 Å². The van der Waals surface area contributed by atoms with Gasteiger partial charge >= 0.3 is 0 Å². The first-order chi connectivity index (χ1) is 14.7. The molecule has 1 aromatic carbocycles. The molecule has 3 heteroatoms. The van der Waals surface area contributed by atoms with Crippen molar-refractivity contribution in [3.63, 3.8) is 0 Å². The molecule has 3 nitrogen and oxygen atoms in total. The molecule has 0 spiro atoms. The maximum Gasteiger partial charge on any atom is 0.213 e. The Kier molecular flexibility index (Phi) is 2.21. The van der Waals surface area contributed by atoms with Crippen LogP contribution in [0.25, 0.3) is 33.2 Å². The number of hydrogen-bond acceptors (Lipinski definition) is 2. The second-order valence-electron chi connectivity index (χ2n) is 6.34. The van der Waals surface area contributed by atoms with E-state index in [1.165, 1.54) is 13.1 Å². The van der Waals surface area contributed by atoms with E-state index in [1.807, 2.05) is 19.1 Å². The van der Waals surface area contributed by atoms with Crippen molar-refractivity contribution in [3.8, 4) is 11.3 Å². The summed E-state index contributed by atoms with van der Waals surface area (Å²) >= 11 is 0. The molecule has 0 aliphatic carbocycles. The van der Waals surface area contributed by atoms with E-state index >= 15 is 0 Å². The molecule has 0 saturated heterocycles. The van der Waals surface area contributed by atoms with E-state index < -0.39 is 19.6 Å². The minimum atomic E-state index is -2.55. The van der Waals surface area contributed by atoms with Gasteiger partial charge in [0.1, 0.15) is 12.6 Å². The number of benzene rings is 1. The maximum atomic E-state index is 8.42. The molecule has 126 valence electrons. The van der Waals surface area contributed by atoms with Gasteiger partial charge in [0.2, 0.25) is 5.69 Å². The summed E-state index contributed by atoms with van der Waals surface area (Å²) in [5.74, 6) is -1.89.